The molecule has 0 saturated heterocycles. The van der Waals surface area contributed by atoms with Gasteiger partial charge in [-0.2, -0.15) is 11.8 Å². The Morgan fingerprint density at radius 2 is 1.89 bits per heavy atom. The molecule has 0 heterocycles. The third-order valence-electron chi connectivity index (χ3n) is 3.23. The van der Waals surface area contributed by atoms with E-state index in [2.05, 4.69) is 48.8 Å². The van der Waals surface area contributed by atoms with Gasteiger partial charge in [0.15, 0.2) is 0 Å². The molecule has 0 aliphatic carbocycles. The highest BCUT2D eigenvalue weighted by molar-refractivity contribution is 7.98. The summed E-state index contributed by atoms with van der Waals surface area (Å²) in [6.45, 7) is 3.47. The first-order valence-electron chi connectivity index (χ1n) is 7.09. The quantitative estimate of drug-likeness (QED) is 0.638. The SMILES string of the molecule is CSCCCCCNC(C)CCc1ccccc1. The lowest BCUT2D eigenvalue weighted by atomic mass is 10.1. The van der Waals surface area contributed by atoms with Gasteiger partial charge in [-0.05, 0) is 56.7 Å². The summed E-state index contributed by atoms with van der Waals surface area (Å²) in [6.07, 6.45) is 8.64. The predicted molar refractivity (Wildman–Crippen MR) is 84.5 cm³/mol. The molecule has 0 radical (unpaired) electrons. The highest BCUT2D eigenvalue weighted by Crippen LogP contribution is 2.05. The van der Waals surface area contributed by atoms with Crippen LogP contribution in [0.2, 0.25) is 0 Å². The van der Waals surface area contributed by atoms with E-state index in [1.165, 1.54) is 50.0 Å². The van der Waals surface area contributed by atoms with Gasteiger partial charge in [0.1, 0.15) is 0 Å². The summed E-state index contributed by atoms with van der Waals surface area (Å²) in [7, 11) is 0. The fraction of sp³-hybridized carbons (Fsp3) is 0.625. The monoisotopic (exact) mass is 265 g/mol. The van der Waals surface area contributed by atoms with Gasteiger partial charge in [0, 0.05) is 6.04 Å². The van der Waals surface area contributed by atoms with Crippen molar-refractivity contribution in [1.82, 2.24) is 5.32 Å². The number of aryl methyl sites for hydroxylation is 1. The molecular formula is C16H27NS. The maximum Gasteiger partial charge on any atom is 0.00418 e. The van der Waals surface area contributed by atoms with Gasteiger partial charge in [0.05, 0.1) is 0 Å². The Morgan fingerprint density at radius 3 is 2.61 bits per heavy atom. The maximum absolute atomic E-state index is 3.62. The Kier molecular flexibility index (Phi) is 9.05. The average molecular weight is 265 g/mol. The standard InChI is InChI=1S/C16H27NS/c1-15(17-13-7-4-8-14-18-2)11-12-16-9-5-3-6-10-16/h3,5-6,9-10,15,17H,4,7-8,11-14H2,1-2H3. The highest BCUT2D eigenvalue weighted by atomic mass is 32.2. The smallest absolute Gasteiger partial charge is 0.00418 e. The zero-order valence-corrected chi connectivity index (χ0v) is 12.6. The molecule has 0 amide bonds. The maximum atomic E-state index is 3.62. The molecule has 0 saturated carbocycles. The second-order valence-corrected chi connectivity index (χ2v) is 5.92. The van der Waals surface area contributed by atoms with Gasteiger partial charge in [-0.3, -0.25) is 0 Å². The van der Waals surface area contributed by atoms with Crippen LogP contribution >= 0.6 is 11.8 Å². The number of benzene rings is 1. The van der Waals surface area contributed by atoms with E-state index < -0.39 is 0 Å². The van der Waals surface area contributed by atoms with Crippen molar-refractivity contribution >= 4 is 11.8 Å². The normalized spacial score (nSPS) is 12.6. The van der Waals surface area contributed by atoms with E-state index in [-0.39, 0.29) is 0 Å². The molecule has 0 aliphatic heterocycles. The van der Waals surface area contributed by atoms with Crippen LogP contribution in [0.15, 0.2) is 30.3 Å². The summed E-state index contributed by atoms with van der Waals surface area (Å²) in [5.41, 5.74) is 1.45. The van der Waals surface area contributed by atoms with E-state index in [1.807, 2.05) is 11.8 Å². The van der Waals surface area contributed by atoms with Crippen LogP contribution in [0.25, 0.3) is 0 Å². The van der Waals surface area contributed by atoms with E-state index in [0.29, 0.717) is 6.04 Å². The number of rotatable bonds is 10. The lowest BCUT2D eigenvalue weighted by molar-refractivity contribution is 0.499. The van der Waals surface area contributed by atoms with Crippen molar-refractivity contribution in [2.75, 3.05) is 18.6 Å². The molecule has 1 atom stereocenters. The molecule has 1 rings (SSSR count). The second kappa shape index (κ2) is 10.5. The van der Waals surface area contributed by atoms with Crippen LogP contribution in [0.5, 0.6) is 0 Å². The van der Waals surface area contributed by atoms with Crippen molar-refractivity contribution in [3.8, 4) is 0 Å². The minimum atomic E-state index is 0.630. The Morgan fingerprint density at radius 1 is 1.11 bits per heavy atom. The predicted octanol–water partition coefficient (Wildman–Crippen LogP) is 4.13. The fourth-order valence-corrected chi connectivity index (χ4v) is 2.52. The minimum Gasteiger partial charge on any atom is -0.314 e. The number of unbranched alkanes of at least 4 members (excludes halogenated alkanes) is 2. The molecule has 1 unspecified atom stereocenters. The number of hydrogen-bond acceptors (Lipinski definition) is 2. The van der Waals surface area contributed by atoms with Gasteiger partial charge < -0.3 is 5.32 Å². The van der Waals surface area contributed by atoms with Crippen LogP contribution in [0.1, 0.15) is 38.2 Å². The zero-order chi connectivity index (χ0) is 13.1. The highest BCUT2D eigenvalue weighted by Gasteiger charge is 2.01. The third-order valence-corrected chi connectivity index (χ3v) is 3.92. The van der Waals surface area contributed by atoms with Crippen LogP contribution in [0.4, 0.5) is 0 Å². The summed E-state index contributed by atoms with van der Waals surface area (Å²) in [5, 5.41) is 3.62. The van der Waals surface area contributed by atoms with Crippen molar-refractivity contribution in [2.45, 2.75) is 45.1 Å². The second-order valence-electron chi connectivity index (χ2n) is 4.93. The van der Waals surface area contributed by atoms with Crippen molar-refractivity contribution in [2.24, 2.45) is 0 Å². The first-order valence-corrected chi connectivity index (χ1v) is 8.48. The van der Waals surface area contributed by atoms with Crippen LogP contribution in [-0.4, -0.2) is 24.6 Å². The van der Waals surface area contributed by atoms with E-state index in [9.17, 15) is 0 Å². The zero-order valence-electron chi connectivity index (χ0n) is 11.8. The average Bonchev–Trinajstić information content (AvgIpc) is 2.41. The first kappa shape index (κ1) is 15.6. The molecule has 1 nitrogen and oxygen atoms in total. The molecule has 0 aromatic heterocycles. The summed E-state index contributed by atoms with van der Waals surface area (Å²) in [6, 6.07) is 11.4. The first-order chi connectivity index (χ1) is 8.83. The third kappa shape index (κ3) is 7.78. The van der Waals surface area contributed by atoms with Crippen LogP contribution in [-0.2, 0) is 6.42 Å². The van der Waals surface area contributed by atoms with Crippen LogP contribution < -0.4 is 5.32 Å². The molecule has 2 heteroatoms. The van der Waals surface area contributed by atoms with Gasteiger partial charge >= 0.3 is 0 Å². The lowest BCUT2D eigenvalue weighted by Crippen LogP contribution is -2.27. The van der Waals surface area contributed by atoms with Crippen molar-refractivity contribution < 1.29 is 0 Å². The Hall–Kier alpha value is -0.470. The molecule has 0 spiro atoms. The van der Waals surface area contributed by atoms with Gasteiger partial charge in [-0.15, -0.1) is 0 Å². The summed E-state index contributed by atoms with van der Waals surface area (Å²) >= 11 is 1.95. The molecule has 0 fully saturated rings. The fourth-order valence-electron chi connectivity index (χ4n) is 2.03. The van der Waals surface area contributed by atoms with E-state index >= 15 is 0 Å². The van der Waals surface area contributed by atoms with Crippen molar-refractivity contribution in [3.63, 3.8) is 0 Å². The van der Waals surface area contributed by atoms with E-state index in [0.717, 1.165) is 0 Å². The largest absolute Gasteiger partial charge is 0.314 e. The van der Waals surface area contributed by atoms with Gasteiger partial charge in [0.2, 0.25) is 0 Å². The molecule has 0 aliphatic rings. The molecule has 1 aromatic carbocycles. The molecular weight excluding hydrogens is 238 g/mol. The molecule has 0 bridgehead atoms. The molecule has 1 N–H and O–H groups in total. The van der Waals surface area contributed by atoms with Crippen molar-refractivity contribution in [1.29, 1.82) is 0 Å². The van der Waals surface area contributed by atoms with Gasteiger partial charge in [0.25, 0.3) is 0 Å². The summed E-state index contributed by atoms with van der Waals surface area (Å²) in [4.78, 5) is 0. The summed E-state index contributed by atoms with van der Waals surface area (Å²) in [5.74, 6) is 1.31. The lowest BCUT2D eigenvalue weighted by Gasteiger charge is -2.13. The van der Waals surface area contributed by atoms with Crippen molar-refractivity contribution in [3.05, 3.63) is 35.9 Å². The Bertz CT molecular complexity index is 286. The van der Waals surface area contributed by atoms with Crippen LogP contribution in [0, 0.1) is 0 Å². The van der Waals surface area contributed by atoms with Crippen LogP contribution in [0.3, 0.4) is 0 Å². The Balaban J connectivity index is 1.99. The Labute approximate surface area is 117 Å². The number of thioether (sulfide) groups is 1. The molecule has 102 valence electrons. The van der Waals surface area contributed by atoms with E-state index in [4.69, 9.17) is 0 Å². The van der Waals surface area contributed by atoms with E-state index in [1.54, 1.807) is 0 Å². The molecule has 1 aromatic rings. The summed E-state index contributed by atoms with van der Waals surface area (Å²) < 4.78 is 0. The van der Waals surface area contributed by atoms with Gasteiger partial charge in [-0.25, -0.2) is 0 Å². The number of nitrogens with one attached hydrogen (secondary N) is 1. The topological polar surface area (TPSA) is 12.0 Å². The van der Waals surface area contributed by atoms with Gasteiger partial charge in [-0.1, -0.05) is 36.8 Å². The number of hydrogen-bond donors (Lipinski definition) is 1. The minimum absolute atomic E-state index is 0.630. The molecule has 18 heavy (non-hydrogen) atoms.